The summed E-state index contributed by atoms with van der Waals surface area (Å²) in [6.07, 6.45) is 2.87. The molecule has 0 radical (unpaired) electrons. The van der Waals surface area contributed by atoms with E-state index in [-0.39, 0.29) is 18.3 Å². The lowest BCUT2D eigenvalue weighted by Gasteiger charge is -2.02. The van der Waals surface area contributed by atoms with Crippen LogP contribution in [-0.2, 0) is 4.79 Å². The van der Waals surface area contributed by atoms with Crippen molar-refractivity contribution in [3.8, 4) is 11.3 Å². The highest BCUT2D eigenvalue weighted by Crippen LogP contribution is 2.18. The van der Waals surface area contributed by atoms with Gasteiger partial charge in [-0.1, -0.05) is 44.2 Å². The van der Waals surface area contributed by atoms with Crippen LogP contribution in [0, 0.1) is 0 Å². The molecule has 3 amide bonds. The summed E-state index contributed by atoms with van der Waals surface area (Å²) in [5, 5.41) is 6.98. The fourth-order valence-corrected chi connectivity index (χ4v) is 1.73. The van der Waals surface area contributed by atoms with Gasteiger partial charge >= 0.3 is 6.03 Å². The molecule has 1 saturated heterocycles. The van der Waals surface area contributed by atoms with Gasteiger partial charge in [0.25, 0.3) is 0 Å². The zero-order valence-electron chi connectivity index (χ0n) is 12.3. The van der Waals surface area contributed by atoms with E-state index in [1.54, 1.807) is 6.20 Å². The Morgan fingerprint density at radius 3 is 2.64 bits per heavy atom. The Hall–Kier alpha value is -2.96. The summed E-state index contributed by atoms with van der Waals surface area (Å²) in [6, 6.07) is 8.94. The summed E-state index contributed by atoms with van der Waals surface area (Å²) < 4.78 is 5.49. The summed E-state index contributed by atoms with van der Waals surface area (Å²) in [4.78, 5) is 26.3. The van der Waals surface area contributed by atoms with Gasteiger partial charge in [-0.25, -0.2) is 14.8 Å². The molecule has 1 aliphatic heterocycles. The number of carbonyl (C=O) groups is 2. The molecule has 1 aromatic carbocycles. The number of hydrogen-bond donors (Lipinski definition) is 1. The number of aromatic nitrogens is 1. The number of hydrazone groups is 1. The minimum absolute atomic E-state index is 0.0957. The lowest BCUT2D eigenvalue weighted by atomic mass is 10.2. The molecule has 7 heteroatoms. The van der Waals surface area contributed by atoms with Gasteiger partial charge in [0.2, 0.25) is 11.8 Å². The molecule has 1 aromatic heterocycles. The van der Waals surface area contributed by atoms with Crippen molar-refractivity contribution in [1.82, 2.24) is 15.3 Å². The van der Waals surface area contributed by atoms with Gasteiger partial charge in [-0.2, -0.15) is 5.10 Å². The Bertz CT molecular complexity index is 679. The normalized spacial score (nSPS) is 14.0. The van der Waals surface area contributed by atoms with Crippen LogP contribution >= 0.6 is 0 Å². The highest BCUT2D eigenvalue weighted by atomic mass is 16.4. The zero-order valence-corrected chi connectivity index (χ0v) is 12.3. The summed E-state index contributed by atoms with van der Waals surface area (Å²) in [6.45, 7) is 3.90. The monoisotopic (exact) mass is 300 g/mol. The Morgan fingerprint density at radius 2 is 2.00 bits per heavy atom. The molecule has 0 unspecified atom stereocenters. The van der Waals surface area contributed by atoms with Crippen molar-refractivity contribution in [2.45, 2.75) is 13.8 Å². The molecule has 1 N–H and O–H groups in total. The third-order valence-corrected chi connectivity index (χ3v) is 2.66. The van der Waals surface area contributed by atoms with E-state index in [4.69, 9.17) is 4.42 Å². The third-order valence-electron chi connectivity index (χ3n) is 2.66. The Kier molecular flexibility index (Phi) is 5.02. The van der Waals surface area contributed by atoms with E-state index in [1.165, 1.54) is 6.21 Å². The van der Waals surface area contributed by atoms with Crippen molar-refractivity contribution in [1.29, 1.82) is 0 Å². The molecule has 1 fully saturated rings. The zero-order chi connectivity index (χ0) is 15.9. The van der Waals surface area contributed by atoms with E-state index < -0.39 is 6.03 Å². The molecule has 114 valence electrons. The number of oxazole rings is 1. The van der Waals surface area contributed by atoms with Crippen molar-refractivity contribution < 1.29 is 14.0 Å². The molecule has 0 aliphatic carbocycles. The van der Waals surface area contributed by atoms with Crippen LogP contribution in [0.4, 0.5) is 4.79 Å². The van der Waals surface area contributed by atoms with Crippen LogP contribution in [0.15, 0.2) is 46.0 Å². The first kappa shape index (κ1) is 15.4. The fraction of sp³-hybridized carbons (Fsp3) is 0.200. The second-order valence-electron chi connectivity index (χ2n) is 4.08. The van der Waals surface area contributed by atoms with Crippen LogP contribution < -0.4 is 5.32 Å². The van der Waals surface area contributed by atoms with Crippen molar-refractivity contribution >= 4 is 18.2 Å². The number of hydrogen-bond acceptors (Lipinski definition) is 5. The summed E-state index contributed by atoms with van der Waals surface area (Å²) in [7, 11) is 0. The van der Waals surface area contributed by atoms with Gasteiger partial charge in [-0.05, 0) is 0 Å². The van der Waals surface area contributed by atoms with Gasteiger partial charge in [0.1, 0.15) is 12.8 Å². The molecule has 2 heterocycles. The molecule has 3 rings (SSSR count). The van der Waals surface area contributed by atoms with Crippen LogP contribution in [0.25, 0.3) is 11.3 Å². The maximum atomic E-state index is 11.3. The van der Waals surface area contributed by atoms with Gasteiger partial charge in [0.05, 0.1) is 6.20 Å². The van der Waals surface area contributed by atoms with Crippen molar-refractivity contribution in [2.24, 2.45) is 5.10 Å². The number of urea groups is 1. The van der Waals surface area contributed by atoms with Gasteiger partial charge in [0.15, 0.2) is 5.76 Å². The fourth-order valence-electron chi connectivity index (χ4n) is 1.73. The second-order valence-corrected chi connectivity index (χ2v) is 4.08. The molecule has 1 aliphatic rings. The van der Waals surface area contributed by atoms with Crippen LogP contribution in [-0.4, -0.2) is 34.7 Å². The van der Waals surface area contributed by atoms with Crippen LogP contribution in [0.3, 0.4) is 0 Å². The number of amides is 3. The Labute approximate surface area is 127 Å². The number of carbonyl (C=O) groups excluding carboxylic acids is 2. The second kappa shape index (κ2) is 7.16. The molecule has 0 saturated carbocycles. The lowest BCUT2D eigenvalue weighted by Crippen LogP contribution is -2.24. The first-order valence-corrected chi connectivity index (χ1v) is 6.89. The molecule has 0 spiro atoms. The molecule has 0 atom stereocenters. The van der Waals surface area contributed by atoms with Crippen LogP contribution in [0.2, 0.25) is 0 Å². The summed E-state index contributed by atoms with van der Waals surface area (Å²) >= 11 is 0. The predicted octanol–water partition coefficient (Wildman–Crippen LogP) is 2.25. The quantitative estimate of drug-likeness (QED) is 0.695. The number of benzene rings is 1. The van der Waals surface area contributed by atoms with E-state index in [0.717, 1.165) is 10.6 Å². The maximum absolute atomic E-state index is 11.3. The molecule has 0 bridgehead atoms. The minimum atomic E-state index is -0.555. The summed E-state index contributed by atoms with van der Waals surface area (Å²) in [5.41, 5.74) is 0.897. The highest BCUT2D eigenvalue weighted by molar-refractivity contribution is 6.02. The number of nitrogens with one attached hydrogen (secondary N) is 1. The van der Waals surface area contributed by atoms with E-state index in [0.29, 0.717) is 5.76 Å². The summed E-state index contributed by atoms with van der Waals surface area (Å²) in [5.74, 6) is 0.481. The van der Waals surface area contributed by atoms with Crippen molar-refractivity contribution in [3.05, 3.63) is 42.4 Å². The van der Waals surface area contributed by atoms with Gasteiger partial charge < -0.3 is 4.42 Å². The van der Waals surface area contributed by atoms with Gasteiger partial charge in [0, 0.05) is 5.56 Å². The lowest BCUT2D eigenvalue weighted by molar-refractivity contribution is -0.118. The van der Waals surface area contributed by atoms with Crippen LogP contribution in [0.1, 0.15) is 19.7 Å². The predicted molar refractivity (Wildman–Crippen MR) is 81.1 cm³/mol. The standard InChI is InChI=1S/C13H10N4O3.C2H6/c18-11-8-17(13(19)16-11)15-7-12-14-6-10(20-12)9-4-2-1-3-5-9;1-2/h1-7H,8H2,(H,16,18,19);1-2H3. The molecule has 2 aromatic rings. The van der Waals surface area contributed by atoms with Crippen LogP contribution in [0.5, 0.6) is 0 Å². The topological polar surface area (TPSA) is 87.8 Å². The van der Waals surface area contributed by atoms with Crippen molar-refractivity contribution in [3.63, 3.8) is 0 Å². The van der Waals surface area contributed by atoms with Gasteiger partial charge in [-0.15, -0.1) is 0 Å². The molecular weight excluding hydrogens is 284 g/mol. The Balaban J connectivity index is 0.000000847. The number of nitrogens with zero attached hydrogens (tertiary/aromatic N) is 3. The van der Waals surface area contributed by atoms with E-state index in [1.807, 2.05) is 44.2 Å². The molecule has 7 nitrogen and oxygen atoms in total. The third kappa shape index (κ3) is 3.57. The SMILES string of the molecule is CC.O=C1CN(N=Cc2ncc(-c3ccccc3)o2)C(=O)N1. The maximum Gasteiger partial charge on any atom is 0.344 e. The smallest absolute Gasteiger partial charge is 0.344 e. The molecule has 22 heavy (non-hydrogen) atoms. The molecular formula is C15H16N4O3. The first-order chi connectivity index (χ1) is 10.7. The highest BCUT2D eigenvalue weighted by Gasteiger charge is 2.26. The van der Waals surface area contributed by atoms with Gasteiger partial charge in [-0.3, -0.25) is 10.1 Å². The number of rotatable bonds is 3. The van der Waals surface area contributed by atoms with Crippen molar-refractivity contribution in [2.75, 3.05) is 6.54 Å². The largest absolute Gasteiger partial charge is 0.435 e. The van der Waals surface area contributed by atoms with E-state index in [2.05, 4.69) is 15.4 Å². The number of imide groups is 1. The average Bonchev–Trinajstić information content (AvgIpc) is 3.14. The van der Waals surface area contributed by atoms with E-state index in [9.17, 15) is 9.59 Å². The Morgan fingerprint density at radius 1 is 1.27 bits per heavy atom. The van der Waals surface area contributed by atoms with E-state index >= 15 is 0 Å². The minimum Gasteiger partial charge on any atom is -0.435 e. The first-order valence-electron chi connectivity index (χ1n) is 6.89. The average molecular weight is 300 g/mol.